The molecule has 1 aliphatic heterocycles. The van der Waals surface area contributed by atoms with Crippen LogP contribution in [0.1, 0.15) is 47.6 Å². The second-order valence-corrected chi connectivity index (χ2v) is 4.63. The molecule has 1 heterocycles. The summed E-state index contributed by atoms with van der Waals surface area (Å²) in [5.41, 5.74) is 7.57. The molecule has 14 heavy (non-hydrogen) atoms. The van der Waals surface area contributed by atoms with E-state index in [2.05, 4.69) is 39.1 Å². The number of hydrogen-bond donors (Lipinski definition) is 1. The SMILES string of the molecule is Cc1cc2c(c(C)c1C(C)C)CNC2. The summed E-state index contributed by atoms with van der Waals surface area (Å²) in [5, 5.41) is 3.42. The first-order valence-electron chi connectivity index (χ1n) is 5.43. The van der Waals surface area contributed by atoms with Gasteiger partial charge in [0.05, 0.1) is 0 Å². The van der Waals surface area contributed by atoms with Gasteiger partial charge in [0.25, 0.3) is 0 Å². The fraction of sp³-hybridized carbons (Fsp3) is 0.538. The summed E-state index contributed by atoms with van der Waals surface area (Å²) in [6.45, 7) is 11.2. The summed E-state index contributed by atoms with van der Waals surface area (Å²) in [5.74, 6) is 0.640. The van der Waals surface area contributed by atoms with Gasteiger partial charge in [-0.25, -0.2) is 0 Å². The number of aryl methyl sites for hydroxylation is 1. The Kier molecular flexibility index (Phi) is 2.36. The Hall–Kier alpha value is -0.820. The van der Waals surface area contributed by atoms with Gasteiger partial charge >= 0.3 is 0 Å². The van der Waals surface area contributed by atoms with Crippen LogP contribution in [-0.2, 0) is 13.1 Å². The molecule has 0 bridgehead atoms. The van der Waals surface area contributed by atoms with E-state index in [1.165, 1.54) is 16.7 Å². The molecule has 1 nitrogen and oxygen atoms in total. The predicted octanol–water partition coefficient (Wildman–Crippen LogP) is 3.03. The van der Waals surface area contributed by atoms with Crippen LogP contribution in [0.25, 0.3) is 0 Å². The standard InChI is InChI=1S/C13H19N/c1-8(2)13-9(3)5-11-6-14-7-12(11)10(13)4/h5,8,14H,6-7H2,1-4H3. The molecule has 0 fully saturated rings. The summed E-state index contributed by atoms with van der Waals surface area (Å²) in [7, 11) is 0. The second-order valence-electron chi connectivity index (χ2n) is 4.63. The van der Waals surface area contributed by atoms with Crippen molar-refractivity contribution in [1.82, 2.24) is 5.32 Å². The molecule has 0 radical (unpaired) electrons. The van der Waals surface area contributed by atoms with Crippen LogP contribution in [0.3, 0.4) is 0 Å². The summed E-state index contributed by atoms with van der Waals surface area (Å²) < 4.78 is 0. The van der Waals surface area contributed by atoms with E-state index in [0.29, 0.717) is 5.92 Å². The van der Waals surface area contributed by atoms with Gasteiger partial charge in [-0.05, 0) is 47.6 Å². The molecule has 1 aromatic rings. The van der Waals surface area contributed by atoms with E-state index in [0.717, 1.165) is 13.1 Å². The van der Waals surface area contributed by atoms with Gasteiger partial charge in [0, 0.05) is 13.1 Å². The van der Waals surface area contributed by atoms with Crippen molar-refractivity contribution >= 4 is 0 Å². The Bertz CT molecular complexity index is 364. The third-order valence-electron chi connectivity index (χ3n) is 3.25. The molecule has 1 heteroatoms. The maximum absolute atomic E-state index is 3.42. The lowest BCUT2D eigenvalue weighted by atomic mass is 9.88. The van der Waals surface area contributed by atoms with E-state index in [1.807, 2.05) is 0 Å². The van der Waals surface area contributed by atoms with E-state index in [-0.39, 0.29) is 0 Å². The van der Waals surface area contributed by atoms with E-state index in [4.69, 9.17) is 0 Å². The van der Waals surface area contributed by atoms with Crippen LogP contribution in [0, 0.1) is 13.8 Å². The lowest BCUT2D eigenvalue weighted by Crippen LogP contribution is -2.02. The molecule has 0 spiro atoms. The monoisotopic (exact) mass is 189 g/mol. The molecule has 76 valence electrons. The lowest BCUT2D eigenvalue weighted by Gasteiger charge is -2.17. The van der Waals surface area contributed by atoms with Gasteiger partial charge in [-0.3, -0.25) is 0 Å². The highest BCUT2D eigenvalue weighted by Crippen LogP contribution is 2.30. The van der Waals surface area contributed by atoms with Crippen LogP contribution >= 0.6 is 0 Å². The molecule has 1 aliphatic rings. The van der Waals surface area contributed by atoms with E-state index >= 15 is 0 Å². The Labute approximate surface area is 86.5 Å². The van der Waals surface area contributed by atoms with Gasteiger partial charge < -0.3 is 5.32 Å². The third kappa shape index (κ3) is 1.36. The third-order valence-corrected chi connectivity index (χ3v) is 3.25. The Morgan fingerprint density at radius 3 is 2.57 bits per heavy atom. The molecule has 0 unspecified atom stereocenters. The fourth-order valence-corrected chi connectivity index (χ4v) is 2.74. The van der Waals surface area contributed by atoms with Crippen molar-refractivity contribution in [1.29, 1.82) is 0 Å². The summed E-state index contributed by atoms with van der Waals surface area (Å²) in [6, 6.07) is 2.36. The first-order chi connectivity index (χ1) is 6.61. The molecule has 0 aromatic heterocycles. The Morgan fingerprint density at radius 2 is 1.93 bits per heavy atom. The zero-order chi connectivity index (χ0) is 10.3. The normalized spacial score (nSPS) is 14.9. The second kappa shape index (κ2) is 3.39. The van der Waals surface area contributed by atoms with Crippen molar-refractivity contribution in [2.45, 2.75) is 46.7 Å². The van der Waals surface area contributed by atoms with Crippen molar-refractivity contribution in [2.75, 3.05) is 0 Å². The number of rotatable bonds is 1. The number of benzene rings is 1. The van der Waals surface area contributed by atoms with E-state index < -0.39 is 0 Å². The van der Waals surface area contributed by atoms with Gasteiger partial charge in [0.15, 0.2) is 0 Å². The summed E-state index contributed by atoms with van der Waals surface area (Å²) >= 11 is 0. The maximum Gasteiger partial charge on any atom is 0.0214 e. The first kappa shape index (κ1) is 9.72. The topological polar surface area (TPSA) is 12.0 Å². The molecule has 0 amide bonds. The van der Waals surface area contributed by atoms with Gasteiger partial charge in [-0.2, -0.15) is 0 Å². The minimum absolute atomic E-state index is 0.640. The van der Waals surface area contributed by atoms with Crippen molar-refractivity contribution < 1.29 is 0 Å². The van der Waals surface area contributed by atoms with Gasteiger partial charge in [0.2, 0.25) is 0 Å². The minimum atomic E-state index is 0.640. The zero-order valence-electron chi connectivity index (χ0n) is 9.57. The number of hydrogen-bond acceptors (Lipinski definition) is 1. The Balaban J connectivity index is 2.62. The molecule has 1 aromatic carbocycles. The number of fused-ring (bicyclic) bond motifs is 1. The molecule has 0 atom stereocenters. The van der Waals surface area contributed by atoms with Crippen LogP contribution in [0.15, 0.2) is 6.07 Å². The minimum Gasteiger partial charge on any atom is -0.309 e. The van der Waals surface area contributed by atoms with E-state index in [1.54, 1.807) is 11.1 Å². The predicted molar refractivity (Wildman–Crippen MR) is 60.5 cm³/mol. The molecule has 0 saturated carbocycles. The molecular formula is C13H19N. The van der Waals surface area contributed by atoms with E-state index in [9.17, 15) is 0 Å². The molecular weight excluding hydrogens is 170 g/mol. The lowest BCUT2D eigenvalue weighted by molar-refractivity contribution is 0.762. The Morgan fingerprint density at radius 1 is 1.21 bits per heavy atom. The zero-order valence-corrected chi connectivity index (χ0v) is 9.57. The van der Waals surface area contributed by atoms with Crippen LogP contribution in [-0.4, -0.2) is 0 Å². The fourth-order valence-electron chi connectivity index (χ4n) is 2.74. The maximum atomic E-state index is 3.42. The van der Waals surface area contributed by atoms with Gasteiger partial charge in [-0.15, -0.1) is 0 Å². The molecule has 1 N–H and O–H groups in total. The van der Waals surface area contributed by atoms with Gasteiger partial charge in [0.1, 0.15) is 0 Å². The van der Waals surface area contributed by atoms with Gasteiger partial charge in [-0.1, -0.05) is 19.9 Å². The van der Waals surface area contributed by atoms with Crippen molar-refractivity contribution in [3.63, 3.8) is 0 Å². The summed E-state index contributed by atoms with van der Waals surface area (Å²) in [4.78, 5) is 0. The van der Waals surface area contributed by atoms with Crippen LogP contribution < -0.4 is 5.32 Å². The molecule has 0 aliphatic carbocycles. The highest BCUT2D eigenvalue weighted by molar-refractivity contribution is 5.47. The van der Waals surface area contributed by atoms with Crippen LogP contribution in [0.5, 0.6) is 0 Å². The smallest absolute Gasteiger partial charge is 0.0214 e. The summed E-state index contributed by atoms with van der Waals surface area (Å²) in [6.07, 6.45) is 0. The molecule has 2 rings (SSSR count). The van der Waals surface area contributed by atoms with Crippen molar-refractivity contribution in [2.24, 2.45) is 0 Å². The average Bonchev–Trinajstić information content (AvgIpc) is 2.50. The number of nitrogens with one attached hydrogen (secondary N) is 1. The average molecular weight is 189 g/mol. The highest BCUT2D eigenvalue weighted by atomic mass is 14.9. The first-order valence-corrected chi connectivity index (χ1v) is 5.43. The quantitative estimate of drug-likeness (QED) is 0.716. The van der Waals surface area contributed by atoms with Crippen molar-refractivity contribution in [3.05, 3.63) is 33.9 Å². The highest BCUT2D eigenvalue weighted by Gasteiger charge is 2.18. The molecule has 0 saturated heterocycles. The van der Waals surface area contributed by atoms with Crippen molar-refractivity contribution in [3.8, 4) is 0 Å². The van der Waals surface area contributed by atoms with Crippen LogP contribution in [0.2, 0.25) is 0 Å². The van der Waals surface area contributed by atoms with Crippen LogP contribution in [0.4, 0.5) is 0 Å². The largest absolute Gasteiger partial charge is 0.309 e.